The van der Waals surface area contributed by atoms with E-state index >= 15 is 0 Å². The number of fused-ring (bicyclic) bond motifs is 1. The number of imidazole rings is 2. The SMILES string of the molecule is COC(=O)N[C@H](C(=O)N1CCC[C@H]1c1ncc(-c2ccc(-c3ccc(-c4cnc(C5CC[C@@H]6CC[C@H](NC(=O)OC(C)(C)C)C(=O)N56)[nH]4)cc3)cc2)[nH]1)C(C)C. The van der Waals surface area contributed by atoms with Gasteiger partial charge < -0.3 is 39.9 Å². The Morgan fingerprint density at radius 2 is 1.34 bits per heavy atom. The summed E-state index contributed by atoms with van der Waals surface area (Å²) >= 11 is 0. The number of ether oxygens (including phenoxy) is 2. The van der Waals surface area contributed by atoms with Crippen molar-refractivity contribution in [2.45, 2.75) is 109 Å². The number of nitrogens with zero attached hydrogens (tertiary/aromatic N) is 4. The number of amides is 4. The van der Waals surface area contributed by atoms with Gasteiger partial charge >= 0.3 is 12.2 Å². The molecule has 56 heavy (non-hydrogen) atoms. The van der Waals surface area contributed by atoms with Crippen molar-refractivity contribution in [3.05, 3.63) is 72.6 Å². The predicted molar refractivity (Wildman–Crippen MR) is 210 cm³/mol. The molecule has 0 aliphatic carbocycles. The van der Waals surface area contributed by atoms with Crippen molar-refractivity contribution >= 4 is 24.0 Å². The summed E-state index contributed by atoms with van der Waals surface area (Å²) in [5, 5.41) is 5.48. The first-order valence-electron chi connectivity index (χ1n) is 19.6. The summed E-state index contributed by atoms with van der Waals surface area (Å²) in [6, 6.07) is 15.0. The maximum absolute atomic E-state index is 13.6. The lowest BCUT2D eigenvalue weighted by atomic mass is 9.98. The van der Waals surface area contributed by atoms with Crippen LogP contribution in [0.2, 0.25) is 0 Å². The van der Waals surface area contributed by atoms with Gasteiger partial charge in [0.25, 0.3) is 0 Å². The predicted octanol–water partition coefficient (Wildman–Crippen LogP) is 6.90. The molecule has 2 aromatic heterocycles. The molecule has 2 aromatic carbocycles. The number of benzene rings is 2. The molecule has 0 spiro atoms. The number of aromatic amines is 2. The highest BCUT2D eigenvalue weighted by Crippen LogP contribution is 2.41. The standard InChI is InChI=1S/C42H52N8O6/c1-24(2)35(48-40(53)55-6)39(52)49-21-7-8-33(49)36-43-22-31(45-36)27-13-9-25(10-14-27)26-11-15-28(16-12-26)32-23-44-37(46-32)34-20-18-29-17-19-30(38(51)50(29)34)47-41(54)56-42(3,4)5/h9-16,22-24,29-30,33-35H,7-8,17-21H2,1-6H3,(H,43,45)(H,44,46)(H,47,54)(H,48,53)/t29-,30-,33-,34?,35-/m0/s1. The van der Waals surface area contributed by atoms with E-state index in [0.29, 0.717) is 13.0 Å². The van der Waals surface area contributed by atoms with Gasteiger partial charge in [-0.15, -0.1) is 0 Å². The lowest BCUT2D eigenvalue weighted by Gasteiger charge is -2.37. The van der Waals surface area contributed by atoms with E-state index in [0.717, 1.165) is 77.4 Å². The molecule has 5 heterocycles. The molecule has 3 aliphatic rings. The third-order valence-electron chi connectivity index (χ3n) is 11.0. The van der Waals surface area contributed by atoms with Gasteiger partial charge in [-0.2, -0.15) is 0 Å². The van der Waals surface area contributed by atoms with Crippen molar-refractivity contribution in [1.29, 1.82) is 0 Å². The first-order chi connectivity index (χ1) is 26.8. The summed E-state index contributed by atoms with van der Waals surface area (Å²) in [5.74, 6) is 1.14. The van der Waals surface area contributed by atoms with E-state index in [2.05, 4.69) is 74.1 Å². The lowest BCUT2D eigenvalue weighted by Crippen LogP contribution is -2.55. The second-order valence-corrected chi connectivity index (χ2v) is 16.3. The largest absolute Gasteiger partial charge is 0.453 e. The average Bonchev–Trinajstić information content (AvgIpc) is 4.00. The minimum atomic E-state index is -0.687. The molecular formula is C42H52N8O6. The molecule has 3 saturated heterocycles. The van der Waals surface area contributed by atoms with E-state index in [1.807, 2.05) is 29.8 Å². The zero-order chi connectivity index (χ0) is 39.7. The highest BCUT2D eigenvalue weighted by Gasteiger charge is 2.45. The Hall–Kier alpha value is -5.66. The Labute approximate surface area is 327 Å². The number of rotatable bonds is 9. The van der Waals surface area contributed by atoms with Gasteiger partial charge in [0, 0.05) is 12.6 Å². The van der Waals surface area contributed by atoms with Gasteiger partial charge in [0.1, 0.15) is 29.3 Å². The fraction of sp³-hybridized carbons (Fsp3) is 0.476. The summed E-state index contributed by atoms with van der Waals surface area (Å²) in [7, 11) is 1.29. The minimum absolute atomic E-state index is 0.0884. The van der Waals surface area contributed by atoms with Gasteiger partial charge in [-0.25, -0.2) is 19.6 Å². The van der Waals surface area contributed by atoms with E-state index in [1.165, 1.54) is 7.11 Å². The highest BCUT2D eigenvalue weighted by atomic mass is 16.6. The smallest absolute Gasteiger partial charge is 0.408 e. The molecule has 296 valence electrons. The van der Waals surface area contributed by atoms with Crippen LogP contribution >= 0.6 is 0 Å². The fourth-order valence-electron chi connectivity index (χ4n) is 8.20. The molecule has 1 unspecified atom stereocenters. The number of nitrogens with one attached hydrogen (secondary N) is 4. The summed E-state index contributed by atoms with van der Waals surface area (Å²) < 4.78 is 10.2. The summed E-state index contributed by atoms with van der Waals surface area (Å²) in [4.78, 5) is 71.5. The van der Waals surface area contributed by atoms with E-state index in [1.54, 1.807) is 27.0 Å². The molecular weight excluding hydrogens is 713 g/mol. The van der Waals surface area contributed by atoms with Crippen molar-refractivity contribution in [3.8, 4) is 33.6 Å². The van der Waals surface area contributed by atoms with Crippen LogP contribution in [0.5, 0.6) is 0 Å². The third kappa shape index (κ3) is 8.14. The molecule has 4 amide bonds. The summed E-state index contributed by atoms with van der Waals surface area (Å²) in [6.07, 6.45) is 7.18. The molecule has 0 bridgehead atoms. The third-order valence-corrected chi connectivity index (χ3v) is 11.0. The number of H-pyrrole nitrogens is 2. The number of carbonyl (C=O) groups excluding carboxylic acids is 4. The van der Waals surface area contributed by atoms with Crippen LogP contribution < -0.4 is 10.6 Å². The Morgan fingerprint density at radius 3 is 1.89 bits per heavy atom. The zero-order valence-electron chi connectivity index (χ0n) is 32.9. The van der Waals surface area contributed by atoms with Crippen LogP contribution in [0, 0.1) is 5.92 Å². The second kappa shape index (κ2) is 15.8. The van der Waals surface area contributed by atoms with Crippen LogP contribution in [0.4, 0.5) is 9.59 Å². The Bertz CT molecular complexity index is 2050. The number of aromatic nitrogens is 4. The number of piperidine rings is 1. The van der Waals surface area contributed by atoms with Crippen LogP contribution in [0.15, 0.2) is 60.9 Å². The van der Waals surface area contributed by atoms with Gasteiger partial charge in [-0.05, 0) is 87.5 Å². The van der Waals surface area contributed by atoms with E-state index in [-0.39, 0.29) is 35.9 Å². The number of likely N-dealkylation sites (tertiary alicyclic amines) is 1. The van der Waals surface area contributed by atoms with Crippen molar-refractivity contribution in [3.63, 3.8) is 0 Å². The number of alkyl carbamates (subject to hydrolysis) is 2. The second-order valence-electron chi connectivity index (χ2n) is 16.3. The summed E-state index contributed by atoms with van der Waals surface area (Å²) in [5.41, 5.74) is 5.17. The molecule has 14 nitrogen and oxygen atoms in total. The molecule has 14 heteroatoms. The van der Waals surface area contributed by atoms with Crippen LogP contribution in [-0.2, 0) is 19.1 Å². The topological polar surface area (TPSA) is 175 Å². The first kappa shape index (κ1) is 38.6. The van der Waals surface area contributed by atoms with E-state index in [9.17, 15) is 19.2 Å². The van der Waals surface area contributed by atoms with Crippen molar-refractivity contribution in [1.82, 2.24) is 40.4 Å². The van der Waals surface area contributed by atoms with Gasteiger partial charge in [-0.3, -0.25) is 9.59 Å². The van der Waals surface area contributed by atoms with Gasteiger partial charge in [0.15, 0.2) is 0 Å². The Kier molecular flexibility index (Phi) is 10.9. The van der Waals surface area contributed by atoms with Crippen LogP contribution in [0.1, 0.15) is 96.9 Å². The maximum Gasteiger partial charge on any atom is 0.408 e. The Morgan fingerprint density at radius 1 is 0.786 bits per heavy atom. The molecule has 7 rings (SSSR count). The highest BCUT2D eigenvalue weighted by molar-refractivity contribution is 5.88. The lowest BCUT2D eigenvalue weighted by molar-refractivity contribution is -0.140. The number of methoxy groups -OCH3 is 1. The average molecular weight is 765 g/mol. The van der Waals surface area contributed by atoms with Gasteiger partial charge in [-0.1, -0.05) is 62.4 Å². The molecule has 4 N–H and O–H groups in total. The van der Waals surface area contributed by atoms with Crippen LogP contribution in [0.25, 0.3) is 33.6 Å². The number of hydrogen-bond acceptors (Lipinski definition) is 8. The summed E-state index contributed by atoms with van der Waals surface area (Å²) in [6.45, 7) is 9.80. The normalized spacial score (nSPS) is 21.5. The minimum Gasteiger partial charge on any atom is -0.453 e. The quantitative estimate of drug-likeness (QED) is 0.142. The molecule has 0 radical (unpaired) electrons. The van der Waals surface area contributed by atoms with Crippen molar-refractivity contribution in [2.75, 3.05) is 13.7 Å². The van der Waals surface area contributed by atoms with Crippen LogP contribution in [0.3, 0.4) is 0 Å². The molecule has 3 fully saturated rings. The van der Waals surface area contributed by atoms with Crippen molar-refractivity contribution in [2.24, 2.45) is 5.92 Å². The van der Waals surface area contributed by atoms with E-state index < -0.39 is 29.9 Å². The first-order valence-corrected chi connectivity index (χ1v) is 19.6. The fourth-order valence-corrected chi connectivity index (χ4v) is 8.20. The van der Waals surface area contributed by atoms with Crippen LogP contribution in [-0.4, -0.2) is 91.1 Å². The van der Waals surface area contributed by atoms with Crippen molar-refractivity contribution < 1.29 is 28.7 Å². The molecule has 3 aliphatic heterocycles. The van der Waals surface area contributed by atoms with E-state index in [4.69, 9.17) is 14.5 Å². The molecule has 0 saturated carbocycles. The molecule has 4 aromatic rings. The number of carbonyl (C=O) groups is 4. The Balaban J connectivity index is 0.988. The molecule has 5 atom stereocenters. The zero-order valence-corrected chi connectivity index (χ0v) is 32.9. The van der Waals surface area contributed by atoms with Gasteiger partial charge in [0.05, 0.1) is 43.0 Å². The van der Waals surface area contributed by atoms with Gasteiger partial charge in [0.2, 0.25) is 11.8 Å². The monoisotopic (exact) mass is 764 g/mol. The number of hydrogen-bond donors (Lipinski definition) is 4. The maximum atomic E-state index is 13.6.